The molecule has 0 radical (unpaired) electrons. The van der Waals surface area contributed by atoms with Gasteiger partial charge in [-0.25, -0.2) is 0 Å². The molecular weight excluding hydrogens is 469 g/mol. The number of hydrogen-bond acceptors (Lipinski definition) is 4. The molecule has 1 unspecified atom stereocenters. The van der Waals surface area contributed by atoms with Gasteiger partial charge in [-0.3, -0.25) is 9.69 Å². The standard InChI is InChI=1S/C27H35N3O2.2ClH/c31-26(25-12-6-17-30(25)20-22-8-2-1-3-9-22)28-15-7-16-29-18-13-27(14-19-29)24-11-5-4-10-23(24)21-32-27;;/h1-5,8-11,25H,6-7,12-21H2,(H,28,31);2*1H. The minimum atomic E-state index is -0.0635. The number of rotatable bonds is 7. The molecule has 2 fully saturated rings. The van der Waals surface area contributed by atoms with Crippen LogP contribution in [0, 0.1) is 0 Å². The molecule has 1 atom stereocenters. The van der Waals surface area contributed by atoms with Crippen LogP contribution in [-0.2, 0) is 28.3 Å². The number of carbonyl (C=O) groups excluding carboxylic acids is 1. The summed E-state index contributed by atoms with van der Waals surface area (Å²) in [5.41, 5.74) is 3.98. The SMILES string of the molecule is Cl.Cl.O=C(NCCCN1CCC2(CC1)OCc1ccccc12)C1CCCN1Cc1ccccc1. The van der Waals surface area contributed by atoms with E-state index in [1.165, 1.54) is 16.7 Å². The Morgan fingerprint density at radius 1 is 1.00 bits per heavy atom. The van der Waals surface area contributed by atoms with Gasteiger partial charge in [0.05, 0.1) is 18.2 Å². The van der Waals surface area contributed by atoms with E-state index in [0.29, 0.717) is 0 Å². The van der Waals surface area contributed by atoms with Crippen molar-refractivity contribution in [2.24, 2.45) is 0 Å². The van der Waals surface area contributed by atoms with Gasteiger partial charge in [0.1, 0.15) is 0 Å². The molecule has 186 valence electrons. The first-order valence-corrected chi connectivity index (χ1v) is 12.2. The maximum absolute atomic E-state index is 12.8. The molecular formula is C27H37Cl2N3O2. The van der Waals surface area contributed by atoms with Crippen molar-refractivity contribution in [1.82, 2.24) is 15.1 Å². The second-order valence-corrected chi connectivity index (χ2v) is 9.54. The second kappa shape index (κ2) is 12.4. The lowest BCUT2D eigenvalue weighted by Gasteiger charge is -2.39. The van der Waals surface area contributed by atoms with Crippen LogP contribution in [0.4, 0.5) is 0 Å². The molecule has 2 saturated heterocycles. The van der Waals surface area contributed by atoms with Gasteiger partial charge in [-0.15, -0.1) is 24.8 Å². The molecule has 5 nitrogen and oxygen atoms in total. The Labute approximate surface area is 216 Å². The first-order chi connectivity index (χ1) is 15.7. The summed E-state index contributed by atoms with van der Waals surface area (Å²) in [7, 11) is 0. The normalized spacial score (nSPS) is 21.5. The molecule has 3 aliphatic rings. The molecule has 7 heteroatoms. The van der Waals surface area contributed by atoms with Gasteiger partial charge in [0.2, 0.25) is 5.91 Å². The lowest BCUT2D eigenvalue weighted by atomic mass is 9.84. The van der Waals surface area contributed by atoms with Gasteiger partial charge in [-0.2, -0.15) is 0 Å². The molecule has 2 aromatic rings. The zero-order valence-electron chi connectivity index (χ0n) is 19.8. The number of ether oxygens (including phenoxy) is 1. The first kappa shape index (κ1) is 27.0. The Morgan fingerprint density at radius 3 is 2.53 bits per heavy atom. The van der Waals surface area contributed by atoms with E-state index in [1.807, 2.05) is 6.07 Å². The van der Waals surface area contributed by atoms with Crippen molar-refractivity contribution in [1.29, 1.82) is 0 Å². The van der Waals surface area contributed by atoms with Crippen molar-refractivity contribution >= 4 is 30.7 Å². The van der Waals surface area contributed by atoms with E-state index in [1.54, 1.807) is 0 Å². The van der Waals surface area contributed by atoms with Crippen LogP contribution in [0.1, 0.15) is 48.8 Å². The molecule has 0 aliphatic carbocycles. The Morgan fingerprint density at radius 2 is 1.74 bits per heavy atom. The van der Waals surface area contributed by atoms with Gasteiger partial charge in [0.25, 0.3) is 0 Å². The maximum Gasteiger partial charge on any atom is 0.237 e. The Kier molecular flexibility index (Phi) is 9.81. The van der Waals surface area contributed by atoms with E-state index >= 15 is 0 Å². The quantitative estimate of drug-likeness (QED) is 0.561. The highest BCUT2D eigenvalue weighted by Crippen LogP contribution is 2.43. The van der Waals surface area contributed by atoms with Gasteiger partial charge in [-0.05, 0) is 61.9 Å². The van der Waals surface area contributed by atoms with Crippen LogP contribution >= 0.6 is 24.8 Å². The summed E-state index contributed by atoms with van der Waals surface area (Å²) in [5.74, 6) is 0.201. The van der Waals surface area contributed by atoms with Crippen molar-refractivity contribution in [3.8, 4) is 0 Å². The summed E-state index contributed by atoms with van der Waals surface area (Å²) in [6, 6.07) is 19.2. The summed E-state index contributed by atoms with van der Waals surface area (Å²) < 4.78 is 6.28. The molecule has 1 N–H and O–H groups in total. The van der Waals surface area contributed by atoms with Gasteiger partial charge in [0, 0.05) is 26.2 Å². The lowest BCUT2D eigenvalue weighted by molar-refractivity contribution is -0.125. The van der Waals surface area contributed by atoms with Crippen LogP contribution < -0.4 is 5.32 Å². The average molecular weight is 507 g/mol. The van der Waals surface area contributed by atoms with Crippen molar-refractivity contribution in [3.63, 3.8) is 0 Å². The number of piperidine rings is 1. The number of nitrogens with zero attached hydrogens (tertiary/aromatic N) is 2. The molecule has 1 amide bonds. The fourth-order valence-electron chi connectivity index (χ4n) is 5.70. The fraction of sp³-hybridized carbons (Fsp3) is 0.519. The third-order valence-electron chi connectivity index (χ3n) is 7.52. The smallest absolute Gasteiger partial charge is 0.237 e. The van der Waals surface area contributed by atoms with Crippen LogP contribution in [0.5, 0.6) is 0 Å². The van der Waals surface area contributed by atoms with Crippen molar-refractivity contribution < 1.29 is 9.53 Å². The van der Waals surface area contributed by atoms with E-state index in [0.717, 1.165) is 78.0 Å². The van der Waals surface area contributed by atoms with E-state index < -0.39 is 0 Å². The third-order valence-corrected chi connectivity index (χ3v) is 7.52. The van der Waals surface area contributed by atoms with Crippen molar-refractivity contribution in [2.75, 3.05) is 32.7 Å². The zero-order chi connectivity index (χ0) is 21.8. The molecule has 0 bridgehead atoms. The predicted molar refractivity (Wildman–Crippen MR) is 141 cm³/mol. The lowest BCUT2D eigenvalue weighted by Crippen LogP contribution is -2.45. The van der Waals surface area contributed by atoms with E-state index in [-0.39, 0.29) is 42.4 Å². The van der Waals surface area contributed by atoms with Crippen LogP contribution in [-0.4, -0.2) is 54.5 Å². The molecule has 2 aromatic carbocycles. The van der Waals surface area contributed by atoms with Crippen LogP contribution in [0.25, 0.3) is 0 Å². The first-order valence-electron chi connectivity index (χ1n) is 12.2. The topological polar surface area (TPSA) is 44.8 Å². The number of nitrogens with one attached hydrogen (secondary N) is 1. The monoisotopic (exact) mass is 505 g/mol. The highest BCUT2D eigenvalue weighted by molar-refractivity contribution is 5.85. The summed E-state index contributed by atoms with van der Waals surface area (Å²) in [6.45, 7) is 6.55. The third kappa shape index (κ3) is 5.95. The minimum absolute atomic E-state index is 0. The molecule has 1 spiro atoms. The Bertz CT molecular complexity index is 919. The minimum Gasteiger partial charge on any atom is -0.365 e. The van der Waals surface area contributed by atoms with E-state index in [9.17, 15) is 4.79 Å². The highest BCUT2D eigenvalue weighted by atomic mass is 35.5. The van der Waals surface area contributed by atoms with Gasteiger partial charge < -0.3 is 15.0 Å². The number of carbonyl (C=O) groups is 1. The number of amides is 1. The van der Waals surface area contributed by atoms with Gasteiger partial charge in [-0.1, -0.05) is 54.6 Å². The van der Waals surface area contributed by atoms with Gasteiger partial charge in [0.15, 0.2) is 0 Å². The summed E-state index contributed by atoms with van der Waals surface area (Å²) in [4.78, 5) is 17.7. The molecule has 3 heterocycles. The number of halogens is 2. The Balaban J connectivity index is 0.00000162. The molecule has 34 heavy (non-hydrogen) atoms. The van der Waals surface area contributed by atoms with E-state index in [2.05, 4.69) is 63.6 Å². The zero-order valence-corrected chi connectivity index (χ0v) is 21.4. The van der Waals surface area contributed by atoms with Crippen LogP contribution in [0.15, 0.2) is 54.6 Å². The molecule has 0 saturated carbocycles. The van der Waals surface area contributed by atoms with Gasteiger partial charge >= 0.3 is 0 Å². The fourth-order valence-corrected chi connectivity index (χ4v) is 5.70. The average Bonchev–Trinajstić information content (AvgIpc) is 3.44. The van der Waals surface area contributed by atoms with Crippen LogP contribution in [0.3, 0.4) is 0 Å². The number of likely N-dealkylation sites (tertiary alicyclic amines) is 2. The van der Waals surface area contributed by atoms with Crippen molar-refractivity contribution in [3.05, 3.63) is 71.3 Å². The van der Waals surface area contributed by atoms with Crippen molar-refractivity contribution in [2.45, 2.75) is 56.9 Å². The largest absolute Gasteiger partial charge is 0.365 e. The molecule has 0 aromatic heterocycles. The second-order valence-electron chi connectivity index (χ2n) is 9.54. The highest BCUT2D eigenvalue weighted by Gasteiger charge is 2.42. The number of benzene rings is 2. The summed E-state index contributed by atoms with van der Waals surface area (Å²) >= 11 is 0. The summed E-state index contributed by atoms with van der Waals surface area (Å²) in [5, 5.41) is 3.21. The number of hydrogen-bond donors (Lipinski definition) is 1. The predicted octanol–water partition coefficient (Wildman–Crippen LogP) is 4.52. The number of fused-ring (bicyclic) bond motifs is 2. The molecule has 5 rings (SSSR count). The Hall–Kier alpha value is -1.63. The van der Waals surface area contributed by atoms with Crippen LogP contribution in [0.2, 0.25) is 0 Å². The summed E-state index contributed by atoms with van der Waals surface area (Å²) in [6.07, 6.45) is 5.20. The van der Waals surface area contributed by atoms with E-state index in [4.69, 9.17) is 4.74 Å². The molecule has 3 aliphatic heterocycles. The maximum atomic E-state index is 12.8.